The molecule has 0 spiro atoms. The van der Waals surface area contributed by atoms with Crippen molar-refractivity contribution in [1.29, 1.82) is 0 Å². The fourth-order valence-electron chi connectivity index (χ4n) is 2.53. The first-order valence-corrected chi connectivity index (χ1v) is 6.30. The largest absolute Gasteiger partial charge is 0.384 e. The number of aliphatic hydroxyl groups excluding tert-OH is 1. The Balaban J connectivity index is 2.01. The van der Waals surface area contributed by atoms with Gasteiger partial charge in [-0.25, -0.2) is 0 Å². The van der Waals surface area contributed by atoms with Crippen LogP contribution in [0.4, 0.5) is 0 Å². The van der Waals surface area contributed by atoms with Gasteiger partial charge in [0, 0.05) is 0 Å². The van der Waals surface area contributed by atoms with Gasteiger partial charge in [-0.2, -0.15) is 4.98 Å². The number of rotatable bonds is 3. The highest BCUT2D eigenvalue weighted by molar-refractivity contribution is 5.35. The summed E-state index contributed by atoms with van der Waals surface area (Å²) >= 11 is 0. The van der Waals surface area contributed by atoms with E-state index >= 15 is 0 Å². The molecule has 1 aliphatic rings. The van der Waals surface area contributed by atoms with E-state index in [0.717, 1.165) is 12.8 Å². The van der Waals surface area contributed by atoms with Crippen molar-refractivity contribution >= 4 is 0 Å². The van der Waals surface area contributed by atoms with Crippen LogP contribution in [0.2, 0.25) is 0 Å². The van der Waals surface area contributed by atoms with E-state index in [1.54, 1.807) is 6.92 Å². The summed E-state index contributed by atoms with van der Waals surface area (Å²) < 4.78 is 5.12. The lowest BCUT2D eigenvalue weighted by molar-refractivity contribution is 0.151. The van der Waals surface area contributed by atoms with Crippen molar-refractivity contribution in [2.24, 2.45) is 0 Å². The maximum Gasteiger partial charge on any atom is 0.255 e. The average molecular weight is 244 g/mol. The molecular weight excluding hydrogens is 228 g/mol. The van der Waals surface area contributed by atoms with Gasteiger partial charge in [-0.1, -0.05) is 41.9 Å². The fraction of sp³-hybridized carbons (Fsp3) is 0.429. The number of benzene rings is 1. The van der Waals surface area contributed by atoms with E-state index in [0.29, 0.717) is 11.7 Å². The minimum absolute atomic E-state index is 0.113. The lowest BCUT2D eigenvalue weighted by Crippen LogP contribution is -2.36. The number of aromatic nitrogens is 2. The van der Waals surface area contributed by atoms with Gasteiger partial charge in [0.15, 0.2) is 5.82 Å². The minimum Gasteiger partial charge on any atom is -0.384 e. The maximum atomic E-state index is 9.47. The summed E-state index contributed by atoms with van der Waals surface area (Å²) in [6.45, 7) is 1.63. The highest BCUT2D eigenvalue weighted by Gasteiger charge is 2.44. The molecule has 3 rings (SSSR count). The highest BCUT2D eigenvalue weighted by atomic mass is 16.5. The Morgan fingerprint density at radius 2 is 2.00 bits per heavy atom. The van der Waals surface area contributed by atoms with Crippen LogP contribution in [0, 0.1) is 0 Å². The lowest BCUT2D eigenvalue weighted by Gasteiger charge is -2.39. The van der Waals surface area contributed by atoms with E-state index in [2.05, 4.69) is 22.3 Å². The molecule has 1 aromatic heterocycles. The van der Waals surface area contributed by atoms with Crippen LogP contribution in [0.25, 0.3) is 0 Å². The molecule has 0 saturated heterocycles. The van der Waals surface area contributed by atoms with E-state index in [4.69, 9.17) is 4.52 Å². The van der Waals surface area contributed by atoms with Crippen LogP contribution in [0.5, 0.6) is 0 Å². The van der Waals surface area contributed by atoms with Crippen molar-refractivity contribution in [3.8, 4) is 0 Å². The van der Waals surface area contributed by atoms with Crippen molar-refractivity contribution < 1.29 is 9.63 Å². The molecule has 0 radical (unpaired) electrons. The molecule has 1 saturated carbocycles. The zero-order chi connectivity index (χ0) is 12.6. The third-order valence-electron chi connectivity index (χ3n) is 3.76. The maximum absolute atomic E-state index is 9.47. The number of aliphatic hydroxyl groups is 1. The van der Waals surface area contributed by atoms with Crippen molar-refractivity contribution in [1.82, 2.24) is 10.1 Å². The van der Waals surface area contributed by atoms with Gasteiger partial charge in [0.25, 0.3) is 5.89 Å². The zero-order valence-electron chi connectivity index (χ0n) is 10.3. The van der Waals surface area contributed by atoms with E-state index < -0.39 is 6.10 Å². The molecule has 1 aliphatic carbocycles. The summed E-state index contributed by atoms with van der Waals surface area (Å²) in [7, 11) is 0. The average Bonchev–Trinajstić information content (AvgIpc) is 2.79. The number of nitrogens with zero attached hydrogens (tertiary/aromatic N) is 2. The Kier molecular flexibility index (Phi) is 2.67. The summed E-state index contributed by atoms with van der Waals surface area (Å²) in [5.41, 5.74) is 1.12. The molecular formula is C14H16N2O2. The SMILES string of the molecule is C[C@@H](O)c1nc(C2(c3ccccc3)CCC2)no1. The van der Waals surface area contributed by atoms with Gasteiger partial charge < -0.3 is 9.63 Å². The lowest BCUT2D eigenvalue weighted by atomic mass is 9.64. The summed E-state index contributed by atoms with van der Waals surface area (Å²) in [6.07, 6.45) is 2.54. The molecule has 18 heavy (non-hydrogen) atoms. The van der Waals surface area contributed by atoms with Crippen LogP contribution in [-0.2, 0) is 5.41 Å². The van der Waals surface area contributed by atoms with Gasteiger partial charge in [0.05, 0.1) is 5.41 Å². The van der Waals surface area contributed by atoms with Crippen LogP contribution < -0.4 is 0 Å². The molecule has 1 atom stereocenters. The van der Waals surface area contributed by atoms with Gasteiger partial charge in [-0.3, -0.25) is 0 Å². The Morgan fingerprint density at radius 3 is 2.50 bits per heavy atom. The number of hydrogen-bond acceptors (Lipinski definition) is 4. The molecule has 4 heteroatoms. The summed E-state index contributed by atoms with van der Waals surface area (Å²) in [4.78, 5) is 4.35. The van der Waals surface area contributed by atoms with E-state index in [9.17, 15) is 5.11 Å². The fourth-order valence-corrected chi connectivity index (χ4v) is 2.53. The van der Waals surface area contributed by atoms with Gasteiger partial charge in [0.1, 0.15) is 6.10 Å². The smallest absolute Gasteiger partial charge is 0.255 e. The van der Waals surface area contributed by atoms with Gasteiger partial charge in [-0.15, -0.1) is 0 Å². The molecule has 1 fully saturated rings. The van der Waals surface area contributed by atoms with Crippen molar-refractivity contribution in [3.63, 3.8) is 0 Å². The number of hydrogen-bond donors (Lipinski definition) is 1. The summed E-state index contributed by atoms with van der Waals surface area (Å²) in [5, 5.41) is 13.5. The molecule has 0 bridgehead atoms. The van der Waals surface area contributed by atoms with E-state index in [1.165, 1.54) is 12.0 Å². The predicted molar refractivity (Wildman–Crippen MR) is 66.0 cm³/mol. The zero-order valence-corrected chi connectivity index (χ0v) is 10.3. The summed E-state index contributed by atoms with van der Waals surface area (Å²) in [5.74, 6) is 1.00. The quantitative estimate of drug-likeness (QED) is 0.901. The third-order valence-corrected chi connectivity index (χ3v) is 3.76. The first kappa shape index (κ1) is 11.4. The van der Waals surface area contributed by atoms with E-state index in [1.807, 2.05) is 18.2 Å². The molecule has 1 aromatic carbocycles. The standard InChI is InChI=1S/C14H16N2O2/c1-10(17)12-15-13(16-18-12)14(8-5-9-14)11-6-3-2-4-7-11/h2-4,6-7,10,17H,5,8-9H2,1H3/t10-/m1/s1. The first-order valence-electron chi connectivity index (χ1n) is 6.30. The Morgan fingerprint density at radius 1 is 1.28 bits per heavy atom. The second-order valence-corrected chi connectivity index (χ2v) is 4.93. The molecule has 0 unspecified atom stereocenters. The Bertz CT molecular complexity index is 530. The van der Waals surface area contributed by atoms with Crippen LogP contribution in [0.1, 0.15) is 49.6 Å². The third kappa shape index (κ3) is 1.64. The monoisotopic (exact) mass is 244 g/mol. The molecule has 0 amide bonds. The molecule has 1 heterocycles. The van der Waals surface area contributed by atoms with Crippen molar-refractivity contribution in [2.45, 2.75) is 37.7 Å². The molecule has 0 aliphatic heterocycles. The van der Waals surface area contributed by atoms with Crippen LogP contribution in [0.15, 0.2) is 34.9 Å². The second-order valence-electron chi connectivity index (χ2n) is 4.93. The Labute approximate surface area is 106 Å². The van der Waals surface area contributed by atoms with Crippen molar-refractivity contribution in [3.05, 3.63) is 47.6 Å². The predicted octanol–water partition coefficient (Wildman–Crippen LogP) is 2.59. The minimum atomic E-state index is -0.709. The molecule has 94 valence electrons. The van der Waals surface area contributed by atoms with Gasteiger partial charge >= 0.3 is 0 Å². The van der Waals surface area contributed by atoms with Crippen molar-refractivity contribution in [2.75, 3.05) is 0 Å². The van der Waals surface area contributed by atoms with Gasteiger partial charge in [0.2, 0.25) is 0 Å². The van der Waals surface area contributed by atoms with Gasteiger partial charge in [-0.05, 0) is 25.3 Å². The molecule has 2 aromatic rings. The van der Waals surface area contributed by atoms with Crippen LogP contribution in [-0.4, -0.2) is 15.2 Å². The topological polar surface area (TPSA) is 59.2 Å². The first-order chi connectivity index (χ1) is 8.72. The molecule has 1 N–H and O–H groups in total. The van der Waals surface area contributed by atoms with E-state index in [-0.39, 0.29) is 5.41 Å². The summed E-state index contributed by atoms with van der Waals surface area (Å²) in [6, 6.07) is 10.3. The second kappa shape index (κ2) is 4.21. The Hall–Kier alpha value is -1.68. The van der Waals surface area contributed by atoms with Crippen LogP contribution >= 0.6 is 0 Å². The highest BCUT2D eigenvalue weighted by Crippen LogP contribution is 2.47. The normalized spacial score (nSPS) is 19.2. The van der Waals surface area contributed by atoms with Crippen LogP contribution in [0.3, 0.4) is 0 Å². The molecule has 4 nitrogen and oxygen atoms in total.